The van der Waals surface area contributed by atoms with Gasteiger partial charge in [-0.15, -0.1) is 0 Å². The van der Waals surface area contributed by atoms with Crippen molar-refractivity contribution in [1.82, 2.24) is 24.8 Å². The van der Waals surface area contributed by atoms with E-state index in [2.05, 4.69) is 20.3 Å². The maximum absolute atomic E-state index is 12.5. The smallest absolute Gasteiger partial charge is 0.325 e. The Balaban J connectivity index is 1.79. The second-order valence-corrected chi connectivity index (χ2v) is 5.98. The third kappa shape index (κ3) is 4.15. The highest BCUT2D eigenvalue weighted by Crippen LogP contribution is 2.15. The molecule has 1 aromatic carbocycles. The predicted molar refractivity (Wildman–Crippen MR) is 95.7 cm³/mol. The fourth-order valence-corrected chi connectivity index (χ4v) is 2.77. The molecule has 3 rings (SSSR count). The van der Waals surface area contributed by atoms with Crippen LogP contribution in [0.15, 0.2) is 58.6 Å². The van der Waals surface area contributed by atoms with Crippen LogP contribution in [0, 0.1) is 6.92 Å². The number of hydrogen-bond donors (Lipinski definition) is 3. The topological polar surface area (TPSA) is 113 Å². The number of hydrogen-bond acceptors (Lipinski definition) is 4. The van der Waals surface area contributed by atoms with Crippen molar-refractivity contribution in [1.29, 1.82) is 0 Å². The van der Waals surface area contributed by atoms with Crippen LogP contribution in [-0.2, 0) is 17.8 Å². The molecule has 0 aliphatic carbocycles. The third-order valence-corrected chi connectivity index (χ3v) is 4.08. The second kappa shape index (κ2) is 7.64. The Hall–Kier alpha value is -3.42. The SMILES string of the molecule is Cc1[nH]c(=O)[nH]c(=O)c1CC(=O)NC(Cn1ccnc1)c1ccccc1. The summed E-state index contributed by atoms with van der Waals surface area (Å²) in [5.74, 6) is -0.306. The van der Waals surface area contributed by atoms with Crippen LogP contribution in [0.5, 0.6) is 0 Å². The van der Waals surface area contributed by atoms with Crippen LogP contribution in [0.25, 0.3) is 0 Å². The van der Waals surface area contributed by atoms with Gasteiger partial charge in [0.2, 0.25) is 5.91 Å². The molecule has 0 saturated carbocycles. The minimum absolute atomic E-state index is 0.120. The first-order valence-corrected chi connectivity index (χ1v) is 8.15. The molecular weight excluding hydrogens is 334 g/mol. The van der Waals surface area contributed by atoms with E-state index < -0.39 is 11.2 Å². The van der Waals surface area contributed by atoms with Crippen molar-refractivity contribution in [3.8, 4) is 0 Å². The maximum Gasteiger partial charge on any atom is 0.325 e. The lowest BCUT2D eigenvalue weighted by Crippen LogP contribution is -2.35. The minimum atomic E-state index is -0.584. The van der Waals surface area contributed by atoms with Crippen molar-refractivity contribution < 1.29 is 4.79 Å². The van der Waals surface area contributed by atoms with Gasteiger partial charge in [0, 0.05) is 30.2 Å². The predicted octanol–water partition coefficient (Wildman–Crippen LogP) is 0.668. The molecule has 1 atom stereocenters. The molecule has 0 bridgehead atoms. The number of H-pyrrole nitrogens is 2. The van der Waals surface area contributed by atoms with Crippen LogP contribution in [-0.4, -0.2) is 25.4 Å². The zero-order chi connectivity index (χ0) is 18.5. The average Bonchev–Trinajstić information content (AvgIpc) is 3.11. The van der Waals surface area contributed by atoms with E-state index in [4.69, 9.17) is 0 Å². The summed E-state index contributed by atoms with van der Waals surface area (Å²) in [4.78, 5) is 44.4. The highest BCUT2D eigenvalue weighted by Gasteiger charge is 2.17. The molecule has 0 saturated heterocycles. The first-order valence-electron chi connectivity index (χ1n) is 8.15. The molecule has 8 nitrogen and oxygen atoms in total. The summed E-state index contributed by atoms with van der Waals surface area (Å²) in [6.07, 6.45) is 5.05. The van der Waals surface area contributed by atoms with E-state index in [0.717, 1.165) is 5.56 Å². The normalized spacial score (nSPS) is 11.9. The lowest BCUT2D eigenvalue weighted by atomic mass is 10.1. The number of nitrogens with zero attached hydrogens (tertiary/aromatic N) is 2. The van der Waals surface area contributed by atoms with Gasteiger partial charge < -0.3 is 14.9 Å². The molecule has 2 heterocycles. The third-order valence-electron chi connectivity index (χ3n) is 4.08. The second-order valence-electron chi connectivity index (χ2n) is 5.98. The molecule has 26 heavy (non-hydrogen) atoms. The Morgan fingerprint density at radius 3 is 2.65 bits per heavy atom. The lowest BCUT2D eigenvalue weighted by molar-refractivity contribution is -0.121. The molecule has 0 aliphatic heterocycles. The fraction of sp³-hybridized carbons (Fsp3) is 0.222. The van der Waals surface area contributed by atoms with Crippen LogP contribution < -0.4 is 16.6 Å². The van der Waals surface area contributed by atoms with Gasteiger partial charge in [-0.2, -0.15) is 0 Å². The lowest BCUT2D eigenvalue weighted by Gasteiger charge is -2.20. The van der Waals surface area contributed by atoms with Crippen LogP contribution in [0.4, 0.5) is 0 Å². The van der Waals surface area contributed by atoms with Crippen molar-refractivity contribution in [2.45, 2.75) is 25.9 Å². The first kappa shape index (κ1) is 17.4. The molecule has 0 radical (unpaired) electrons. The van der Waals surface area contributed by atoms with Gasteiger partial charge in [0.05, 0.1) is 18.8 Å². The molecule has 3 aromatic rings. The molecule has 2 aromatic heterocycles. The van der Waals surface area contributed by atoms with E-state index in [1.165, 1.54) is 0 Å². The van der Waals surface area contributed by atoms with Gasteiger partial charge in [-0.3, -0.25) is 14.6 Å². The highest BCUT2D eigenvalue weighted by atomic mass is 16.2. The quantitative estimate of drug-likeness (QED) is 0.604. The summed E-state index contributed by atoms with van der Waals surface area (Å²) in [6.45, 7) is 2.11. The van der Waals surface area contributed by atoms with Gasteiger partial charge in [0.25, 0.3) is 5.56 Å². The number of nitrogens with one attached hydrogen (secondary N) is 3. The zero-order valence-electron chi connectivity index (χ0n) is 14.2. The van der Waals surface area contributed by atoms with E-state index >= 15 is 0 Å². The van der Waals surface area contributed by atoms with Crippen molar-refractivity contribution in [3.63, 3.8) is 0 Å². The number of rotatable bonds is 6. The average molecular weight is 353 g/mol. The van der Waals surface area contributed by atoms with Gasteiger partial charge in [0.1, 0.15) is 0 Å². The number of aromatic amines is 2. The van der Waals surface area contributed by atoms with Crippen molar-refractivity contribution in [2.75, 3.05) is 0 Å². The summed E-state index contributed by atoms with van der Waals surface area (Å²) in [5.41, 5.74) is 0.448. The van der Waals surface area contributed by atoms with E-state index in [1.807, 2.05) is 41.1 Å². The summed E-state index contributed by atoms with van der Waals surface area (Å²) < 4.78 is 1.87. The fourth-order valence-electron chi connectivity index (χ4n) is 2.77. The van der Waals surface area contributed by atoms with Crippen LogP contribution in [0.3, 0.4) is 0 Å². The molecule has 0 fully saturated rings. The Morgan fingerprint density at radius 2 is 2.00 bits per heavy atom. The number of aryl methyl sites for hydroxylation is 1. The number of imidazole rings is 1. The Labute approximate surface area is 148 Å². The minimum Gasteiger partial charge on any atom is -0.347 e. The van der Waals surface area contributed by atoms with Crippen molar-refractivity contribution in [3.05, 3.63) is 86.7 Å². The van der Waals surface area contributed by atoms with Crippen LogP contribution in [0.1, 0.15) is 22.9 Å². The summed E-state index contributed by atoms with van der Waals surface area (Å²) >= 11 is 0. The maximum atomic E-state index is 12.5. The van der Waals surface area contributed by atoms with Crippen molar-refractivity contribution in [2.24, 2.45) is 0 Å². The number of carbonyl (C=O) groups is 1. The molecule has 3 N–H and O–H groups in total. The Morgan fingerprint density at radius 1 is 1.23 bits per heavy atom. The van der Waals surface area contributed by atoms with E-state index in [-0.39, 0.29) is 23.9 Å². The first-order chi connectivity index (χ1) is 12.5. The molecule has 1 amide bonds. The summed E-state index contributed by atoms with van der Waals surface area (Å²) in [7, 11) is 0. The monoisotopic (exact) mass is 353 g/mol. The van der Waals surface area contributed by atoms with Crippen molar-refractivity contribution >= 4 is 5.91 Å². The van der Waals surface area contributed by atoms with Gasteiger partial charge in [-0.25, -0.2) is 9.78 Å². The molecule has 0 spiro atoms. The van der Waals surface area contributed by atoms with E-state index in [1.54, 1.807) is 19.4 Å². The molecule has 8 heteroatoms. The number of benzene rings is 1. The largest absolute Gasteiger partial charge is 0.347 e. The van der Waals surface area contributed by atoms with Gasteiger partial charge in [-0.1, -0.05) is 30.3 Å². The molecule has 0 aliphatic rings. The van der Waals surface area contributed by atoms with Crippen LogP contribution >= 0.6 is 0 Å². The number of aromatic nitrogens is 4. The molecule has 134 valence electrons. The van der Waals surface area contributed by atoms with Gasteiger partial charge in [0.15, 0.2) is 0 Å². The Bertz CT molecular complexity index is 990. The highest BCUT2D eigenvalue weighted by molar-refractivity contribution is 5.79. The van der Waals surface area contributed by atoms with Gasteiger partial charge >= 0.3 is 5.69 Å². The number of carbonyl (C=O) groups excluding carboxylic acids is 1. The zero-order valence-corrected chi connectivity index (χ0v) is 14.2. The van der Waals surface area contributed by atoms with Crippen LogP contribution in [0.2, 0.25) is 0 Å². The summed E-state index contributed by atoms with van der Waals surface area (Å²) in [6, 6.07) is 9.29. The van der Waals surface area contributed by atoms with Gasteiger partial charge in [-0.05, 0) is 12.5 Å². The van der Waals surface area contributed by atoms with E-state index in [0.29, 0.717) is 12.2 Å². The Kier molecular flexibility index (Phi) is 5.12. The standard InChI is InChI=1S/C18H19N5O3/c1-12-14(17(25)22-18(26)20-12)9-16(24)21-15(10-23-8-7-19-11-23)13-5-3-2-4-6-13/h2-8,11,15H,9-10H2,1H3,(H,21,24)(H2,20,22,25,26). The van der Waals surface area contributed by atoms with E-state index in [9.17, 15) is 14.4 Å². The molecule has 1 unspecified atom stereocenters. The molecular formula is C18H19N5O3. The summed E-state index contributed by atoms with van der Waals surface area (Å²) in [5, 5.41) is 2.96. The number of amides is 1.